The van der Waals surface area contributed by atoms with Crippen LogP contribution in [0.25, 0.3) is 11.0 Å². The number of nitrogens with one attached hydrogen (secondary N) is 3. The maximum atomic E-state index is 12.8. The number of ether oxygens (including phenoxy) is 2. The Hall–Kier alpha value is -3.79. The summed E-state index contributed by atoms with van der Waals surface area (Å²) in [5, 5.41) is 2.85. The molecule has 32 heavy (non-hydrogen) atoms. The summed E-state index contributed by atoms with van der Waals surface area (Å²) in [6.07, 6.45) is -0.658. The van der Waals surface area contributed by atoms with Crippen molar-refractivity contribution in [3.05, 3.63) is 52.9 Å². The van der Waals surface area contributed by atoms with Gasteiger partial charge < -0.3 is 29.7 Å². The second-order valence-electron chi connectivity index (χ2n) is 7.85. The molecular weight excluding hydrogens is 414 g/mol. The number of H-pyrrole nitrogens is 2. The Bertz CT molecular complexity index is 1210. The highest BCUT2D eigenvalue weighted by Crippen LogP contribution is 2.31. The predicted octanol–water partition coefficient (Wildman–Crippen LogP) is 0.779. The second-order valence-corrected chi connectivity index (χ2v) is 7.85. The van der Waals surface area contributed by atoms with E-state index in [1.807, 2.05) is 23.1 Å². The number of aromatic amines is 2. The normalized spacial score (nSPS) is 18.5. The van der Waals surface area contributed by atoms with Gasteiger partial charge in [0.2, 0.25) is 12.0 Å². The molecule has 2 amide bonds. The number of piperazine rings is 1. The number of nitrogens with zero attached hydrogens (tertiary/aromatic N) is 2. The van der Waals surface area contributed by atoms with E-state index in [2.05, 4.69) is 15.3 Å². The number of imidazole rings is 1. The largest absolute Gasteiger partial charge is 0.485 e. The summed E-state index contributed by atoms with van der Waals surface area (Å²) in [6, 6.07) is 12.5. The fourth-order valence-corrected chi connectivity index (χ4v) is 3.99. The lowest BCUT2D eigenvalue weighted by Crippen LogP contribution is -2.54. The minimum atomic E-state index is -0.658. The van der Waals surface area contributed by atoms with Crippen LogP contribution in [0.2, 0.25) is 0 Å². The van der Waals surface area contributed by atoms with Crippen LogP contribution in [0.1, 0.15) is 0 Å². The molecule has 0 spiro atoms. The first kappa shape index (κ1) is 20.1. The van der Waals surface area contributed by atoms with Crippen LogP contribution in [-0.4, -0.2) is 77.0 Å². The van der Waals surface area contributed by atoms with E-state index in [0.29, 0.717) is 54.4 Å². The molecule has 3 heterocycles. The highest BCUT2D eigenvalue weighted by atomic mass is 16.6. The molecule has 0 unspecified atom stereocenters. The van der Waals surface area contributed by atoms with Gasteiger partial charge in [-0.3, -0.25) is 14.5 Å². The number of carbonyl (C=O) groups is 2. The summed E-state index contributed by atoms with van der Waals surface area (Å²) in [4.78, 5) is 45.8. The van der Waals surface area contributed by atoms with Gasteiger partial charge in [0.05, 0.1) is 17.6 Å². The van der Waals surface area contributed by atoms with Crippen molar-refractivity contribution in [3.8, 4) is 11.5 Å². The van der Waals surface area contributed by atoms with E-state index in [4.69, 9.17) is 9.47 Å². The van der Waals surface area contributed by atoms with Crippen LogP contribution < -0.4 is 20.5 Å². The standard InChI is InChI=1S/C22H23N5O5/c28-20(23-14-5-6-15-16(11-14)25-22(30)24-15)12-26-7-9-27(10-8-26)21(29)19-13-31-17-3-1-2-4-18(17)32-19/h1-6,11,19H,7-10,12-13H2,(H,23,28)(H2,24,25,30)/t19-/m0/s1. The van der Waals surface area contributed by atoms with E-state index in [9.17, 15) is 14.4 Å². The molecule has 1 atom stereocenters. The molecule has 1 fully saturated rings. The smallest absolute Gasteiger partial charge is 0.323 e. The van der Waals surface area contributed by atoms with E-state index in [1.165, 1.54) is 0 Å². The number of amides is 2. The van der Waals surface area contributed by atoms with E-state index < -0.39 is 6.10 Å². The van der Waals surface area contributed by atoms with Gasteiger partial charge in [0.15, 0.2) is 11.5 Å². The predicted molar refractivity (Wildman–Crippen MR) is 117 cm³/mol. The summed E-state index contributed by atoms with van der Waals surface area (Å²) in [5.74, 6) is 0.976. The zero-order valence-corrected chi connectivity index (χ0v) is 17.3. The molecule has 5 rings (SSSR count). The molecule has 0 bridgehead atoms. The zero-order valence-electron chi connectivity index (χ0n) is 17.3. The van der Waals surface area contributed by atoms with Crippen LogP contribution in [0.3, 0.4) is 0 Å². The summed E-state index contributed by atoms with van der Waals surface area (Å²) >= 11 is 0. The number of anilines is 1. The third kappa shape index (κ3) is 4.17. The number of aromatic nitrogens is 2. The first-order valence-electron chi connectivity index (χ1n) is 10.5. The van der Waals surface area contributed by atoms with Gasteiger partial charge in [0, 0.05) is 31.9 Å². The van der Waals surface area contributed by atoms with Gasteiger partial charge in [-0.1, -0.05) is 12.1 Å². The highest BCUT2D eigenvalue weighted by Gasteiger charge is 2.32. The van der Waals surface area contributed by atoms with Gasteiger partial charge in [-0.2, -0.15) is 0 Å². The molecule has 2 aliphatic heterocycles. The molecular formula is C22H23N5O5. The summed E-state index contributed by atoms with van der Waals surface area (Å²) in [7, 11) is 0. The van der Waals surface area contributed by atoms with Crippen molar-refractivity contribution in [3.63, 3.8) is 0 Å². The topological polar surface area (TPSA) is 120 Å². The van der Waals surface area contributed by atoms with Crippen molar-refractivity contribution in [2.24, 2.45) is 0 Å². The molecule has 0 saturated carbocycles. The average molecular weight is 437 g/mol. The van der Waals surface area contributed by atoms with E-state index in [-0.39, 0.29) is 30.7 Å². The molecule has 3 N–H and O–H groups in total. The van der Waals surface area contributed by atoms with E-state index in [0.717, 1.165) is 0 Å². The molecule has 1 aromatic heterocycles. The minimum absolute atomic E-state index is 0.0996. The number of hydrogen-bond donors (Lipinski definition) is 3. The van der Waals surface area contributed by atoms with Crippen LogP contribution in [0, 0.1) is 0 Å². The van der Waals surface area contributed by atoms with Crippen LogP contribution in [0.15, 0.2) is 47.3 Å². The summed E-state index contributed by atoms with van der Waals surface area (Å²) < 4.78 is 11.5. The number of fused-ring (bicyclic) bond motifs is 2. The Labute approximate surface area is 183 Å². The quantitative estimate of drug-likeness (QED) is 0.555. The molecule has 0 radical (unpaired) electrons. The summed E-state index contributed by atoms with van der Waals surface area (Å²) in [6.45, 7) is 2.63. The Kier molecular flexibility index (Phi) is 5.28. The highest BCUT2D eigenvalue weighted by molar-refractivity contribution is 5.94. The van der Waals surface area contributed by atoms with Crippen molar-refractivity contribution in [2.45, 2.75) is 6.10 Å². The first-order chi connectivity index (χ1) is 15.5. The molecule has 1 saturated heterocycles. The monoisotopic (exact) mass is 437 g/mol. The van der Waals surface area contributed by atoms with Gasteiger partial charge >= 0.3 is 5.69 Å². The Balaban J connectivity index is 1.11. The fourth-order valence-electron chi connectivity index (χ4n) is 3.99. The fraction of sp³-hybridized carbons (Fsp3) is 0.318. The van der Waals surface area contributed by atoms with Gasteiger partial charge in [-0.05, 0) is 30.3 Å². The van der Waals surface area contributed by atoms with Gasteiger partial charge in [0.1, 0.15) is 6.61 Å². The number of carbonyl (C=O) groups excluding carboxylic acids is 2. The second kappa shape index (κ2) is 8.39. The van der Waals surface area contributed by atoms with E-state index >= 15 is 0 Å². The van der Waals surface area contributed by atoms with Crippen molar-refractivity contribution < 1.29 is 19.1 Å². The lowest BCUT2D eigenvalue weighted by atomic mass is 10.2. The van der Waals surface area contributed by atoms with Crippen LogP contribution in [0.4, 0.5) is 5.69 Å². The number of rotatable bonds is 4. The Morgan fingerprint density at radius 3 is 2.56 bits per heavy atom. The lowest BCUT2D eigenvalue weighted by molar-refractivity contribution is -0.143. The van der Waals surface area contributed by atoms with Crippen molar-refractivity contribution in [1.82, 2.24) is 19.8 Å². The van der Waals surface area contributed by atoms with Crippen molar-refractivity contribution >= 4 is 28.5 Å². The third-order valence-electron chi connectivity index (χ3n) is 5.63. The number of benzene rings is 2. The Morgan fingerprint density at radius 2 is 1.75 bits per heavy atom. The maximum Gasteiger partial charge on any atom is 0.323 e. The Morgan fingerprint density at radius 1 is 1.00 bits per heavy atom. The average Bonchev–Trinajstić information content (AvgIpc) is 3.18. The third-order valence-corrected chi connectivity index (χ3v) is 5.63. The van der Waals surface area contributed by atoms with Crippen LogP contribution in [0.5, 0.6) is 11.5 Å². The van der Waals surface area contributed by atoms with Gasteiger partial charge in [0.25, 0.3) is 5.91 Å². The number of para-hydroxylation sites is 2. The van der Waals surface area contributed by atoms with Crippen molar-refractivity contribution in [1.29, 1.82) is 0 Å². The van der Waals surface area contributed by atoms with Gasteiger partial charge in [-0.25, -0.2) is 4.79 Å². The maximum absolute atomic E-state index is 12.8. The van der Waals surface area contributed by atoms with Crippen LogP contribution >= 0.6 is 0 Å². The molecule has 10 heteroatoms. The summed E-state index contributed by atoms with van der Waals surface area (Å²) in [5.41, 5.74) is 1.65. The molecule has 3 aromatic rings. The van der Waals surface area contributed by atoms with E-state index in [1.54, 1.807) is 29.2 Å². The zero-order chi connectivity index (χ0) is 22.1. The van der Waals surface area contributed by atoms with Crippen LogP contribution in [-0.2, 0) is 9.59 Å². The molecule has 10 nitrogen and oxygen atoms in total. The SMILES string of the molecule is O=C(CN1CCN(C(=O)[C@@H]2COc3ccccc3O2)CC1)Nc1ccc2[nH]c(=O)[nH]c2c1. The minimum Gasteiger partial charge on any atom is -0.485 e. The first-order valence-corrected chi connectivity index (χ1v) is 10.5. The van der Waals surface area contributed by atoms with Crippen molar-refractivity contribution in [2.75, 3.05) is 44.6 Å². The molecule has 166 valence electrons. The molecule has 2 aliphatic rings. The number of hydrogen-bond acceptors (Lipinski definition) is 6. The van der Waals surface area contributed by atoms with Gasteiger partial charge in [-0.15, -0.1) is 0 Å². The lowest BCUT2D eigenvalue weighted by Gasteiger charge is -2.36. The molecule has 2 aromatic carbocycles. The molecule has 0 aliphatic carbocycles.